The number of methoxy groups -OCH3 is 1. The molecule has 3 nitrogen and oxygen atoms in total. The first-order chi connectivity index (χ1) is 12.5. The van der Waals surface area contributed by atoms with Gasteiger partial charge in [-0.3, -0.25) is 0 Å². The Balaban J connectivity index is 1.90. The maximum atomic E-state index is 11.6. The van der Waals surface area contributed by atoms with Crippen molar-refractivity contribution in [1.82, 2.24) is 0 Å². The van der Waals surface area contributed by atoms with Crippen molar-refractivity contribution in [3.63, 3.8) is 0 Å². The number of anilines is 1. The molecule has 4 heteroatoms. The topological polar surface area (TPSA) is 38.3 Å². The molecule has 136 valence electrons. The highest BCUT2D eigenvalue weighted by atomic mass is 32.1. The van der Waals surface area contributed by atoms with E-state index in [2.05, 4.69) is 50.4 Å². The molecular formula is C22H25NO2S. The van der Waals surface area contributed by atoms with Crippen LogP contribution in [-0.4, -0.2) is 13.1 Å². The number of ether oxygens (including phenoxy) is 1. The smallest absolute Gasteiger partial charge is 0.337 e. The van der Waals surface area contributed by atoms with Gasteiger partial charge in [0.2, 0.25) is 0 Å². The summed E-state index contributed by atoms with van der Waals surface area (Å²) in [7, 11) is 1.40. The van der Waals surface area contributed by atoms with Gasteiger partial charge in [-0.25, -0.2) is 4.79 Å². The molecule has 1 aromatic heterocycles. The molecule has 0 spiro atoms. The molecule has 0 aliphatic heterocycles. The van der Waals surface area contributed by atoms with Crippen LogP contribution in [0, 0.1) is 12.8 Å². The van der Waals surface area contributed by atoms with Crippen LogP contribution in [0.15, 0.2) is 48.5 Å². The molecule has 0 amide bonds. The Morgan fingerprint density at radius 1 is 1.12 bits per heavy atom. The van der Waals surface area contributed by atoms with E-state index >= 15 is 0 Å². The number of nitrogens with one attached hydrogen (secondary N) is 1. The van der Waals surface area contributed by atoms with Gasteiger partial charge in [-0.15, -0.1) is 11.3 Å². The molecule has 2 aromatic carbocycles. The highest BCUT2D eigenvalue weighted by molar-refractivity contribution is 7.19. The van der Waals surface area contributed by atoms with Gasteiger partial charge in [0.15, 0.2) is 0 Å². The van der Waals surface area contributed by atoms with Gasteiger partial charge in [0.05, 0.1) is 18.7 Å². The second kappa shape index (κ2) is 7.92. The molecule has 0 aliphatic rings. The molecule has 1 atom stereocenters. The van der Waals surface area contributed by atoms with Gasteiger partial charge in [0.25, 0.3) is 0 Å². The van der Waals surface area contributed by atoms with Gasteiger partial charge in [-0.2, -0.15) is 0 Å². The number of thiophene rings is 1. The van der Waals surface area contributed by atoms with Crippen LogP contribution < -0.4 is 5.32 Å². The number of hydrogen-bond donors (Lipinski definition) is 1. The van der Waals surface area contributed by atoms with Crippen molar-refractivity contribution in [1.29, 1.82) is 0 Å². The normalized spacial score (nSPS) is 12.3. The predicted molar refractivity (Wildman–Crippen MR) is 110 cm³/mol. The summed E-state index contributed by atoms with van der Waals surface area (Å²) >= 11 is 1.87. The summed E-state index contributed by atoms with van der Waals surface area (Å²) in [6.07, 6.45) is 1.05. The van der Waals surface area contributed by atoms with Gasteiger partial charge in [-0.1, -0.05) is 32.0 Å². The van der Waals surface area contributed by atoms with Gasteiger partial charge in [-0.05, 0) is 60.5 Å². The summed E-state index contributed by atoms with van der Waals surface area (Å²) < 4.78 is 6.10. The van der Waals surface area contributed by atoms with E-state index in [9.17, 15) is 4.79 Å². The summed E-state index contributed by atoms with van der Waals surface area (Å²) in [6, 6.07) is 16.3. The molecule has 0 saturated heterocycles. The lowest BCUT2D eigenvalue weighted by atomic mass is 9.99. The number of rotatable bonds is 6. The first kappa shape index (κ1) is 18.5. The fraction of sp³-hybridized carbons (Fsp3) is 0.318. The van der Waals surface area contributed by atoms with Crippen molar-refractivity contribution < 1.29 is 9.53 Å². The molecule has 0 fully saturated rings. The van der Waals surface area contributed by atoms with Crippen molar-refractivity contribution >= 4 is 33.1 Å². The van der Waals surface area contributed by atoms with Crippen LogP contribution >= 0.6 is 11.3 Å². The fourth-order valence-corrected chi connectivity index (χ4v) is 4.53. The summed E-state index contributed by atoms with van der Waals surface area (Å²) in [5.74, 6) is 0.266. The average molecular weight is 368 g/mol. The van der Waals surface area contributed by atoms with E-state index in [-0.39, 0.29) is 12.0 Å². The predicted octanol–water partition coefficient (Wildman–Crippen LogP) is 6.20. The average Bonchev–Trinajstić information content (AvgIpc) is 2.98. The molecule has 0 aliphatic carbocycles. The Bertz CT molecular complexity index is 896. The van der Waals surface area contributed by atoms with Crippen LogP contribution in [0.1, 0.15) is 47.1 Å². The van der Waals surface area contributed by atoms with Crippen molar-refractivity contribution in [2.45, 2.75) is 33.2 Å². The highest BCUT2D eigenvalue weighted by Crippen LogP contribution is 2.38. The minimum atomic E-state index is -0.310. The van der Waals surface area contributed by atoms with Crippen LogP contribution in [0.4, 0.5) is 5.69 Å². The van der Waals surface area contributed by atoms with E-state index in [0.29, 0.717) is 11.5 Å². The third-order valence-electron chi connectivity index (χ3n) is 4.55. The van der Waals surface area contributed by atoms with Crippen LogP contribution in [0.5, 0.6) is 0 Å². The maximum absolute atomic E-state index is 11.6. The van der Waals surface area contributed by atoms with Crippen LogP contribution in [0.2, 0.25) is 0 Å². The van der Waals surface area contributed by atoms with Crippen LogP contribution in [0.25, 0.3) is 10.1 Å². The number of esters is 1. The second-order valence-corrected chi connectivity index (χ2v) is 8.07. The Morgan fingerprint density at radius 3 is 2.42 bits per heavy atom. The zero-order chi connectivity index (χ0) is 18.7. The fourth-order valence-electron chi connectivity index (χ4n) is 3.25. The molecule has 0 bridgehead atoms. The van der Waals surface area contributed by atoms with Gasteiger partial charge in [0.1, 0.15) is 0 Å². The SMILES string of the molecule is COC(=O)c1ccc(NC(CC(C)C)c2sc3ccccc3c2C)cc1. The standard InChI is InChI=1S/C22H25NO2S/c1-14(2)13-19(21-15(3)18-7-5-6-8-20(18)26-21)23-17-11-9-16(10-12-17)22(24)25-4/h5-12,14,19,23H,13H2,1-4H3. The number of hydrogen-bond acceptors (Lipinski definition) is 4. The Morgan fingerprint density at radius 2 is 1.81 bits per heavy atom. The van der Waals surface area contributed by atoms with Gasteiger partial charge < -0.3 is 10.1 Å². The van der Waals surface area contributed by atoms with E-state index in [1.165, 1.54) is 27.6 Å². The molecule has 1 heterocycles. The largest absolute Gasteiger partial charge is 0.465 e. The van der Waals surface area contributed by atoms with Crippen molar-refractivity contribution in [2.24, 2.45) is 5.92 Å². The van der Waals surface area contributed by atoms with Crippen molar-refractivity contribution in [2.75, 3.05) is 12.4 Å². The monoisotopic (exact) mass is 367 g/mol. The minimum Gasteiger partial charge on any atom is -0.465 e. The van der Waals surface area contributed by atoms with Crippen LogP contribution in [0.3, 0.4) is 0 Å². The minimum absolute atomic E-state index is 0.247. The lowest BCUT2D eigenvalue weighted by molar-refractivity contribution is 0.0601. The van der Waals surface area contributed by atoms with E-state index in [1.807, 2.05) is 23.5 Å². The summed E-state index contributed by atoms with van der Waals surface area (Å²) in [5.41, 5.74) is 2.94. The number of carbonyl (C=O) groups excluding carboxylic acids is 1. The number of carbonyl (C=O) groups is 1. The molecule has 0 radical (unpaired) electrons. The molecular weight excluding hydrogens is 342 g/mol. The maximum Gasteiger partial charge on any atom is 0.337 e. The molecule has 1 N–H and O–H groups in total. The highest BCUT2D eigenvalue weighted by Gasteiger charge is 2.20. The molecule has 3 rings (SSSR count). The molecule has 26 heavy (non-hydrogen) atoms. The van der Waals surface area contributed by atoms with Crippen LogP contribution in [-0.2, 0) is 4.74 Å². The Kier molecular flexibility index (Phi) is 5.62. The van der Waals surface area contributed by atoms with E-state index in [1.54, 1.807) is 12.1 Å². The van der Waals surface area contributed by atoms with Gasteiger partial charge >= 0.3 is 5.97 Å². The van der Waals surface area contributed by atoms with Crippen molar-refractivity contribution in [3.8, 4) is 0 Å². The first-order valence-corrected chi connectivity index (χ1v) is 9.74. The first-order valence-electron chi connectivity index (χ1n) is 8.92. The zero-order valence-corrected chi connectivity index (χ0v) is 16.5. The Hall–Kier alpha value is -2.33. The number of aryl methyl sites for hydroxylation is 1. The third kappa shape index (κ3) is 3.91. The third-order valence-corrected chi connectivity index (χ3v) is 5.94. The van der Waals surface area contributed by atoms with Crippen molar-refractivity contribution in [3.05, 3.63) is 64.5 Å². The number of benzene rings is 2. The molecule has 0 saturated carbocycles. The molecule has 1 unspecified atom stereocenters. The number of fused-ring (bicyclic) bond motifs is 1. The molecule has 3 aromatic rings. The second-order valence-electron chi connectivity index (χ2n) is 6.98. The summed E-state index contributed by atoms with van der Waals surface area (Å²) in [5, 5.41) is 5.01. The van der Waals surface area contributed by atoms with E-state index in [0.717, 1.165) is 12.1 Å². The summed E-state index contributed by atoms with van der Waals surface area (Å²) in [6.45, 7) is 6.71. The van der Waals surface area contributed by atoms with Gasteiger partial charge in [0, 0.05) is 15.3 Å². The Labute approximate surface area is 159 Å². The lowest BCUT2D eigenvalue weighted by Crippen LogP contribution is -2.13. The zero-order valence-electron chi connectivity index (χ0n) is 15.7. The quantitative estimate of drug-likeness (QED) is 0.527. The summed E-state index contributed by atoms with van der Waals surface area (Å²) in [4.78, 5) is 13.0. The lowest BCUT2D eigenvalue weighted by Gasteiger charge is -2.22. The van der Waals surface area contributed by atoms with E-state index in [4.69, 9.17) is 4.74 Å². The van der Waals surface area contributed by atoms with E-state index < -0.39 is 0 Å².